The van der Waals surface area contributed by atoms with Gasteiger partial charge in [0.25, 0.3) is 5.91 Å². The molecule has 0 aromatic carbocycles. The zero-order valence-electron chi connectivity index (χ0n) is 12.8. The molecule has 114 valence electrons. The molecule has 2 aromatic heterocycles. The maximum absolute atomic E-state index is 12.7. The molecule has 2 aromatic rings. The molecule has 0 spiro atoms. The molecule has 0 aliphatic rings. The Morgan fingerprint density at radius 1 is 1.52 bits per heavy atom. The minimum atomic E-state index is -0.142. The minimum absolute atomic E-state index is 0.112. The van der Waals surface area contributed by atoms with E-state index < -0.39 is 0 Å². The van der Waals surface area contributed by atoms with Crippen LogP contribution >= 0.6 is 22.9 Å². The third kappa shape index (κ3) is 2.96. The van der Waals surface area contributed by atoms with Crippen molar-refractivity contribution in [2.45, 2.75) is 40.3 Å². The maximum atomic E-state index is 12.7. The molecule has 0 fully saturated rings. The summed E-state index contributed by atoms with van der Waals surface area (Å²) in [5, 5.41) is 5.50. The Morgan fingerprint density at radius 2 is 2.19 bits per heavy atom. The highest BCUT2D eigenvalue weighted by atomic mass is 35.5. The number of halogens is 1. The van der Waals surface area contributed by atoms with E-state index in [-0.39, 0.29) is 11.9 Å². The summed E-state index contributed by atoms with van der Waals surface area (Å²) in [6.07, 6.45) is 1.51. The van der Waals surface area contributed by atoms with Crippen LogP contribution in [0.25, 0.3) is 0 Å². The van der Waals surface area contributed by atoms with E-state index >= 15 is 0 Å². The number of hydrogen-bond acceptors (Lipinski definition) is 4. The first-order valence-corrected chi connectivity index (χ1v) is 7.98. The van der Waals surface area contributed by atoms with E-state index in [0.29, 0.717) is 17.3 Å². The van der Waals surface area contributed by atoms with Crippen molar-refractivity contribution in [1.29, 1.82) is 0 Å². The predicted molar refractivity (Wildman–Crippen MR) is 85.0 cm³/mol. The second-order valence-electron chi connectivity index (χ2n) is 4.92. The van der Waals surface area contributed by atoms with Gasteiger partial charge in [-0.15, -0.1) is 11.3 Å². The van der Waals surface area contributed by atoms with Crippen LogP contribution in [-0.2, 0) is 6.54 Å². The molecule has 0 N–H and O–H groups in total. The van der Waals surface area contributed by atoms with Gasteiger partial charge in [0.1, 0.15) is 5.69 Å². The van der Waals surface area contributed by atoms with Crippen LogP contribution in [0.4, 0.5) is 0 Å². The third-order valence-corrected chi connectivity index (χ3v) is 4.71. The van der Waals surface area contributed by atoms with Gasteiger partial charge in [-0.1, -0.05) is 11.6 Å². The molecule has 0 radical (unpaired) electrons. The fourth-order valence-corrected chi connectivity index (χ4v) is 3.40. The lowest BCUT2D eigenvalue weighted by atomic mass is 10.2. The van der Waals surface area contributed by atoms with E-state index in [0.717, 1.165) is 15.6 Å². The second kappa shape index (κ2) is 6.15. The van der Waals surface area contributed by atoms with Crippen molar-refractivity contribution in [3.05, 3.63) is 32.5 Å². The van der Waals surface area contributed by atoms with Gasteiger partial charge in [-0.3, -0.25) is 9.48 Å². The first-order valence-electron chi connectivity index (χ1n) is 6.79. The fraction of sp³-hybridized carbons (Fsp3) is 0.500. The lowest BCUT2D eigenvalue weighted by Crippen LogP contribution is -2.32. The molecule has 0 unspecified atom stereocenters. The Hall–Kier alpha value is -1.40. The van der Waals surface area contributed by atoms with Crippen molar-refractivity contribution in [3.8, 4) is 0 Å². The molecule has 0 saturated heterocycles. The summed E-state index contributed by atoms with van der Waals surface area (Å²) in [5.41, 5.74) is 1.37. The molecule has 0 aliphatic heterocycles. The van der Waals surface area contributed by atoms with Crippen molar-refractivity contribution in [2.24, 2.45) is 0 Å². The summed E-state index contributed by atoms with van der Waals surface area (Å²) in [5.74, 6) is -0.142. The quantitative estimate of drug-likeness (QED) is 0.864. The van der Waals surface area contributed by atoms with Gasteiger partial charge in [0.2, 0.25) is 0 Å². The Kier molecular flexibility index (Phi) is 4.68. The number of thiazole rings is 1. The molecular formula is C14H19ClN4OS. The molecule has 1 amide bonds. The molecule has 0 aliphatic carbocycles. The molecule has 21 heavy (non-hydrogen) atoms. The molecule has 0 bridgehead atoms. The second-order valence-corrected chi connectivity index (χ2v) is 6.74. The largest absolute Gasteiger partial charge is 0.332 e. The van der Waals surface area contributed by atoms with Gasteiger partial charge in [0.05, 0.1) is 28.0 Å². The monoisotopic (exact) mass is 326 g/mol. The van der Waals surface area contributed by atoms with Crippen LogP contribution in [0, 0.1) is 13.8 Å². The normalized spacial score (nSPS) is 12.5. The Morgan fingerprint density at radius 3 is 2.71 bits per heavy atom. The smallest absolute Gasteiger partial charge is 0.273 e. The van der Waals surface area contributed by atoms with E-state index in [4.69, 9.17) is 11.6 Å². The number of amides is 1. The SMILES string of the molecule is CCn1ncc(Cl)c1C(=O)N(C)[C@@H](C)c1nc(C)sc1C. The van der Waals surface area contributed by atoms with E-state index in [1.165, 1.54) is 6.20 Å². The average molecular weight is 327 g/mol. The summed E-state index contributed by atoms with van der Waals surface area (Å²) >= 11 is 7.75. The fourth-order valence-electron chi connectivity index (χ4n) is 2.27. The van der Waals surface area contributed by atoms with Gasteiger partial charge in [0.15, 0.2) is 0 Å². The number of carbonyl (C=O) groups is 1. The lowest BCUT2D eigenvalue weighted by molar-refractivity contribution is 0.0727. The molecule has 0 saturated carbocycles. The lowest BCUT2D eigenvalue weighted by Gasteiger charge is -2.24. The van der Waals surface area contributed by atoms with E-state index in [1.807, 2.05) is 27.7 Å². The minimum Gasteiger partial charge on any atom is -0.332 e. The Bertz CT molecular complexity index is 664. The van der Waals surface area contributed by atoms with Crippen LogP contribution < -0.4 is 0 Å². The topological polar surface area (TPSA) is 51.0 Å². The van der Waals surface area contributed by atoms with Crippen LogP contribution in [-0.4, -0.2) is 32.6 Å². The third-order valence-electron chi connectivity index (χ3n) is 3.53. The van der Waals surface area contributed by atoms with E-state index in [1.54, 1.807) is 28.0 Å². The number of carbonyl (C=O) groups excluding carboxylic acids is 1. The molecule has 1 atom stereocenters. The molecule has 2 rings (SSSR count). The van der Waals surface area contributed by atoms with Gasteiger partial charge in [0, 0.05) is 18.5 Å². The highest BCUT2D eigenvalue weighted by molar-refractivity contribution is 7.11. The van der Waals surface area contributed by atoms with Gasteiger partial charge in [-0.05, 0) is 27.7 Å². The van der Waals surface area contributed by atoms with Gasteiger partial charge < -0.3 is 4.90 Å². The summed E-state index contributed by atoms with van der Waals surface area (Å²) in [6.45, 7) is 8.50. The maximum Gasteiger partial charge on any atom is 0.273 e. The summed E-state index contributed by atoms with van der Waals surface area (Å²) in [7, 11) is 1.77. The average Bonchev–Trinajstić information content (AvgIpc) is 2.98. The Labute approximate surface area is 133 Å². The number of nitrogens with zero attached hydrogens (tertiary/aromatic N) is 4. The molecule has 5 nitrogen and oxygen atoms in total. The molecular weight excluding hydrogens is 308 g/mol. The highest BCUT2D eigenvalue weighted by Crippen LogP contribution is 2.28. The van der Waals surface area contributed by atoms with Crippen molar-refractivity contribution in [1.82, 2.24) is 19.7 Å². The number of hydrogen-bond donors (Lipinski definition) is 0. The van der Waals surface area contributed by atoms with Gasteiger partial charge in [-0.25, -0.2) is 4.98 Å². The van der Waals surface area contributed by atoms with Crippen molar-refractivity contribution >= 4 is 28.8 Å². The zero-order valence-corrected chi connectivity index (χ0v) is 14.4. The number of aryl methyl sites for hydroxylation is 3. The van der Waals surface area contributed by atoms with Crippen molar-refractivity contribution in [2.75, 3.05) is 7.05 Å². The van der Waals surface area contributed by atoms with Crippen molar-refractivity contribution < 1.29 is 4.79 Å². The summed E-state index contributed by atoms with van der Waals surface area (Å²) in [6, 6.07) is -0.112. The van der Waals surface area contributed by atoms with Crippen LogP contribution in [0.2, 0.25) is 5.02 Å². The first-order chi connectivity index (χ1) is 9.86. The first kappa shape index (κ1) is 16.0. The van der Waals surface area contributed by atoms with Gasteiger partial charge in [-0.2, -0.15) is 5.10 Å². The van der Waals surface area contributed by atoms with Gasteiger partial charge >= 0.3 is 0 Å². The van der Waals surface area contributed by atoms with Crippen molar-refractivity contribution in [3.63, 3.8) is 0 Å². The Balaban J connectivity index is 2.30. The predicted octanol–water partition coefficient (Wildman–Crippen LogP) is 3.46. The zero-order chi connectivity index (χ0) is 15.7. The van der Waals surface area contributed by atoms with Crippen LogP contribution in [0.3, 0.4) is 0 Å². The molecule has 7 heteroatoms. The van der Waals surface area contributed by atoms with Crippen LogP contribution in [0.1, 0.15) is 46.0 Å². The number of rotatable bonds is 4. The van der Waals surface area contributed by atoms with Crippen LogP contribution in [0.5, 0.6) is 0 Å². The van der Waals surface area contributed by atoms with Crippen LogP contribution in [0.15, 0.2) is 6.20 Å². The van der Waals surface area contributed by atoms with E-state index in [9.17, 15) is 4.79 Å². The summed E-state index contributed by atoms with van der Waals surface area (Å²) < 4.78 is 1.62. The standard InChI is InChI=1S/C14H19ClN4OS/c1-6-19-13(11(15)7-16-19)14(20)18(5)8(2)12-9(3)21-10(4)17-12/h7-8H,6H2,1-5H3/t8-/m0/s1. The van der Waals surface area contributed by atoms with E-state index in [2.05, 4.69) is 10.1 Å². The highest BCUT2D eigenvalue weighted by Gasteiger charge is 2.26. The number of aromatic nitrogens is 3. The summed E-state index contributed by atoms with van der Waals surface area (Å²) in [4.78, 5) is 20.0. The molecule has 2 heterocycles.